The summed E-state index contributed by atoms with van der Waals surface area (Å²) < 4.78 is 5.23. The fourth-order valence-corrected chi connectivity index (χ4v) is 2.17. The van der Waals surface area contributed by atoms with Crippen LogP contribution in [0.5, 0.6) is 0 Å². The van der Waals surface area contributed by atoms with Crippen LogP contribution >= 0.6 is 0 Å². The first-order valence-electron chi connectivity index (χ1n) is 5.79. The predicted octanol–water partition coefficient (Wildman–Crippen LogP) is -1.49. The minimum Gasteiger partial charge on any atom is -0.388 e. The van der Waals surface area contributed by atoms with Crippen molar-refractivity contribution in [3.8, 4) is 0 Å². The molecule has 0 bridgehead atoms. The maximum absolute atomic E-state index is 11.7. The fraction of sp³-hybridized carbons (Fsp3) is 0.750. The van der Waals surface area contributed by atoms with Gasteiger partial charge in [0, 0.05) is 0 Å². The third kappa shape index (κ3) is 2.00. The molecule has 0 aromatic carbocycles. The number of hydrogen-bond donors (Lipinski definition) is 4. The van der Waals surface area contributed by atoms with Crippen LogP contribution in [-0.4, -0.2) is 61.8 Å². The van der Waals surface area contributed by atoms with Crippen LogP contribution in [0, 0.1) is 0 Å². The van der Waals surface area contributed by atoms with E-state index >= 15 is 0 Å². The summed E-state index contributed by atoms with van der Waals surface area (Å²) in [5, 5.41) is 39.1. The van der Waals surface area contributed by atoms with Gasteiger partial charge in [-0.05, 0) is 32.4 Å². The summed E-state index contributed by atoms with van der Waals surface area (Å²) in [7, 11) is 0. The predicted molar refractivity (Wildman–Crippen MR) is 60.7 cm³/mol. The maximum Gasteiger partial charge on any atom is 0.189 e. The van der Waals surface area contributed by atoms with Crippen LogP contribution in [0.4, 0.5) is 0 Å². The number of rotatable bonds is 2. The van der Waals surface area contributed by atoms with E-state index in [2.05, 4.69) is 0 Å². The minimum absolute atomic E-state index is 0.200. The minimum atomic E-state index is -2.00. The van der Waals surface area contributed by atoms with Crippen molar-refractivity contribution in [3.05, 3.63) is 11.6 Å². The van der Waals surface area contributed by atoms with Gasteiger partial charge in [0.15, 0.2) is 11.4 Å². The van der Waals surface area contributed by atoms with Crippen LogP contribution in [0.2, 0.25) is 0 Å². The molecule has 1 heterocycles. The van der Waals surface area contributed by atoms with Crippen molar-refractivity contribution in [2.75, 3.05) is 0 Å². The Morgan fingerprint density at radius 2 is 1.94 bits per heavy atom. The SMILES string of the molecule is CC(C)(O)C1OC1C1=CC(=O)C(C)(O)C(O)C1O. The largest absolute Gasteiger partial charge is 0.388 e. The van der Waals surface area contributed by atoms with Crippen LogP contribution in [0.1, 0.15) is 20.8 Å². The zero-order chi connectivity index (χ0) is 13.9. The van der Waals surface area contributed by atoms with Gasteiger partial charge in [-0.15, -0.1) is 0 Å². The van der Waals surface area contributed by atoms with Crippen molar-refractivity contribution >= 4 is 5.78 Å². The zero-order valence-corrected chi connectivity index (χ0v) is 10.5. The highest BCUT2D eigenvalue weighted by Gasteiger charge is 2.56. The lowest BCUT2D eigenvalue weighted by Gasteiger charge is -2.35. The second kappa shape index (κ2) is 3.85. The molecule has 0 saturated carbocycles. The molecule has 0 aromatic rings. The lowest BCUT2D eigenvalue weighted by Crippen LogP contribution is -2.56. The average Bonchev–Trinajstić information content (AvgIpc) is 3.00. The van der Waals surface area contributed by atoms with Gasteiger partial charge in [-0.2, -0.15) is 0 Å². The molecule has 102 valence electrons. The van der Waals surface area contributed by atoms with E-state index in [9.17, 15) is 25.2 Å². The molecule has 5 atom stereocenters. The van der Waals surface area contributed by atoms with E-state index in [4.69, 9.17) is 4.74 Å². The highest BCUT2D eigenvalue weighted by Crippen LogP contribution is 2.41. The van der Waals surface area contributed by atoms with E-state index in [1.807, 2.05) is 0 Å². The number of ketones is 1. The summed E-state index contributed by atoms with van der Waals surface area (Å²) in [4.78, 5) is 11.7. The number of carbonyl (C=O) groups excluding carboxylic acids is 1. The number of ether oxygens (including phenoxy) is 1. The first-order chi connectivity index (χ1) is 8.06. The fourth-order valence-electron chi connectivity index (χ4n) is 2.17. The molecule has 5 unspecified atom stereocenters. The maximum atomic E-state index is 11.7. The van der Waals surface area contributed by atoms with Gasteiger partial charge >= 0.3 is 0 Å². The third-order valence-corrected chi connectivity index (χ3v) is 3.53. The van der Waals surface area contributed by atoms with Crippen LogP contribution < -0.4 is 0 Å². The summed E-state index contributed by atoms with van der Waals surface area (Å²) in [6, 6.07) is 0. The second-order valence-electron chi connectivity index (χ2n) is 5.68. The van der Waals surface area contributed by atoms with Gasteiger partial charge in [0.2, 0.25) is 0 Å². The number of carbonyl (C=O) groups is 1. The normalized spacial score (nSPS) is 44.8. The zero-order valence-electron chi connectivity index (χ0n) is 10.5. The second-order valence-corrected chi connectivity index (χ2v) is 5.68. The topological polar surface area (TPSA) is 111 Å². The van der Waals surface area contributed by atoms with E-state index in [1.54, 1.807) is 13.8 Å². The lowest BCUT2D eigenvalue weighted by atomic mass is 9.79. The summed E-state index contributed by atoms with van der Waals surface area (Å²) in [5.41, 5.74) is -2.90. The molecule has 1 fully saturated rings. The molecule has 1 aliphatic heterocycles. The molecule has 18 heavy (non-hydrogen) atoms. The average molecular weight is 258 g/mol. The molecule has 0 aromatic heterocycles. The Morgan fingerprint density at radius 3 is 2.39 bits per heavy atom. The van der Waals surface area contributed by atoms with E-state index in [0.29, 0.717) is 0 Å². The summed E-state index contributed by atoms with van der Waals surface area (Å²) in [6.45, 7) is 4.27. The monoisotopic (exact) mass is 258 g/mol. The number of aliphatic hydroxyl groups is 4. The van der Waals surface area contributed by atoms with E-state index in [1.165, 1.54) is 0 Å². The number of epoxide rings is 1. The molecule has 2 rings (SSSR count). The molecule has 4 N–H and O–H groups in total. The lowest BCUT2D eigenvalue weighted by molar-refractivity contribution is -0.154. The van der Waals surface area contributed by atoms with E-state index < -0.39 is 41.4 Å². The van der Waals surface area contributed by atoms with Crippen LogP contribution in [0.3, 0.4) is 0 Å². The molecule has 6 heteroatoms. The Bertz CT molecular complexity index is 405. The Balaban J connectivity index is 2.24. The van der Waals surface area contributed by atoms with Crippen molar-refractivity contribution in [2.24, 2.45) is 0 Å². The quantitative estimate of drug-likeness (QED) is 0.449. The summed E-state index contributed by atoms with van der Waals surface area (Å²) in [6.07, 6.45) is -3.02. The smallest absolute Gasteiger partial charge is 0.189 e. The van der Waals surface area contributed by atoms with Crippen LogP contribution in [0.15, 0.2) is 11.6 Å². The van der Waals surface area contributed by atoms with Crippen molar-refractivity contribution in [1.82, 2.24) is 0 Å². The molecule has 0 radical (unpaired) electrons. The van der Waals surface area contributed by atoms with Crippen molar-refractivity contribution in [3.63, 3.8) is 0 Å². The van der Waals surface area contributed by atoms with Crippen LogP contribution in [0.25, 0.3) is 0 Å². The van der Waals surface area contributed by atoms with Crippen LogP contribution in [-0.2, 0) is 9.53 Å². The van der Waals surface area contributed by atoms with Crippen molar-refractivity contribution < 1.29 is 30.0 Å². The molecule has 0 spiro atoms. The van der Waals surface area contributed by atoms with Gasteiger partial charge in [0.1, 0.15) is 24.4 Å². The van der Waals surface area contributed by atoms with Gasteiger partial charge in [-0.1, -0.05) is 0 Å². The van der Waals surface area contributed by atoms with E-state index in [0.717, 1.165) is 13.0 Å². The van der Waals surface area contributed by atoms with E-state index in [-0.39, 0.29) is 5.57 Å². The molecular formula is C12H18O6. The van der Waals surface area contributed by atoms with Crippen molar-refractivity contribution in [2.45, 2.75) is 56.4 Å². The molecule has 1 aliphatic carbocycles. The Hall–Kier alpha value is -0.790. The Labute approximate surface area is 105 Å². The van der Waals surface area contributed by atoms with Gasteiger partial charge in [0.25, 0.3) is 0 Å². The first-order valence-corrected chi connectivity index (χ1v) is 5.79. The molecule has 1 saturated heterocycles. The summed E-state index contributed by atoms with van der Waals surface area (Å²) in [5.74, 6) is -0.680. The number of aliphatic hydroxyl groups excluding tert-OH is 2. The Morgan fingerprint density at radius 1 is 1.39 bits per heavy atom. The molecule has 2 aliphatic rings. The van der Waals surface area contributed by atoms with Gasteiger partial charge in [-0.3, -0.25) is 4.79 Å². The Kier molecular flexibility index (Phi) is 2.92. The van der Waals surface area contributed by atoms with Gasteiger partial charge in [-0.25, -0.2) is 0 Å². The van der Waals surface area contributed by atoms with Gasteiger partial charge in [0.05, 0.1) is 5.60 Å². The summed E-state index contributed by atoms with van der Waals surface area (Å²) >= 11 is 0. The number of hydrogen-bond acceptors (Lipinski definition) is 6. The van der Waals surface area contributed by atoms with Gasteiger partial charge < -0.3 is 25.2 Å². The standard InChI is InChI=1S/C12H18O6/c1-11(2,16)10-8(18-10)5-4-6(13)12(3,17)9(15)7(5)14/h4,7-10,14-17H,1-3H3. The molecule has 0 amide bonds. The first kappa shape index (κ1) is 13.6. The molecular weight excluding hydrogens is 240 g/mol. The van der Waals surface area contributed by atoms with Crippen molar-refractivity contribution in [1.29, 1.82) is 0 Å². The highest BCUT2D eigenvalue weighted by molar-refractivity contribution is 5.99. The highest BCUT2D eigenvalue weighted by atomic mass is 16.6. The molecule has 6 nitrogen and oxygen atoms in total. The third-order valence-electron chi connectivity index (χ3n) is 3.53.